The topological polar surface area (TPSA) is 27.8 Å². The monoisotopic (exact) mass is 438 g/mol. The highest BCUT2D eigenvalue weighted by Gasteiger charge is 2.25. The summed E-state index contributed by atoms with van der Waals surface area (Å²) in [6.45, 7) is 0.963. The lowest BCUT2D eigenvalue weighted by Crippen LogP contribution is -2.30. The molecule has 0 radical (unpaired) electrons. The number of benzene rings is 2. The molecule has 0 bridgehead atoms. The molecule has 3 aromatic rings. The van der Waals surface area contributed by atoms with Gasteiger partial charge >= 0.3 is 0 Å². The van der Waals surface area contributed by atoms with Crippen LogP contribution in [0.1, 0.15) is 22.9 Å². The molecule has 2 heterocycles. The quantitative estimate of drug-likeness (QED) is 0.508. The number of halogens is 3. The minimum absolute atomic E-state index is 0.180. The zero-order valence-electron chi connectivity index (χ0n) is 11.6. The maximum absolute atomic E-state index is 6.17. The van der Waals surface area contributed by atoms with Gasteiger partial charge in [0.1, 0.15) is 0 Å². The molecule has 1 aromatic heterocycles. The van der Waals surface area contributed by atoms with Gasteiger partial charge in [-0.1, -0.05) is 17.7 Å². The molecule has 2 aromatic carbocycles. The van der Waals surface area contributed by atoms with Gasteiger partial charge in [0.2, 0.25) is 0 Å². The van der Waals surface area contributed by atoms with Crippen LogP contribution in [0.5, 0.6) is 0 Å². The van der Waals surface area contributed by atoms with E-state index in [1.54, 1.807) is 0 Å². The third-order valence-electron chi connectivity index (χ3n) is 4.19. The van der Waals surface area contributed by atoms with Gasteiger partial charge in [0.25, 0.3) is 0 Å². The molecule has 1 aliphatic rings. The zero-order chi connectivity index (χ0) is 15.3. The van der Waals surface area contributed by atoms with Gasteiger partial charge in [-0.25, -0.2) is 0 Å². The van der Waals surface area contributed by atoms with Crippen molar-refractivity contribution in [1.29, 1.82) is 0 Å². The molecule has 0 amide bonds. The van der Waals surface area contributed by atoms with Crippen molar-refractivity contribution in [2.24, 2.45) is 0 Å². The second-order valence-corrected chi connectivity index (χ2v) is 7.66. The number of aromatic nitrogens is 1. The van der Waals surface area contributed by atoms with Gasteiger partial charge < -0.3 is 10.3 Å². The lowest BCUT2D eigenvalue weighted by Gasteiger charge is -2.25. The Hall–Kier alpha value is -0.810. The molecule has 4 rings (SSSR count). The van der Waals surface area contributed by atoms with E-state index in [0.29, 0.717) is 0 Å². The fourth-order valence-electron chi connectivity index (χ4n) is 3.18. The Labute approximate surface area is 150 Å². The smallest absolute Gasteiger partial charge is 0.0732 e. The summed E-state index contributed by atoms with van der Waals surface area (Å²) in [4.78, 5) is 3.58. The molecule has 112 valence electrons. The standard InChI is InChI=1S/C17H13Br2ClN2/c18-13-3-1-9(7-14(13)19)16-17-11(5-6-21-16)12-8-10(20)2-4-15(12)22-17/h1-4,7-8,16,21-22H,5-6H2. The number of hydrogen-bond donors (Lipinski definition) is 2. The van der Waals surface area contributed by atoms with Crippen molar-refractivity contribution in [3.8, 4) is 0 Å². The number of H-pyrrole nitrogens is 1. The fourth-order valence-corrected chi connectivity index (χ4v) is 3.99. The van der Waals surface area contributed by atoms with Crippen molar-refractivity contribution in [2.75, 3.05) is 6.54 Å². The second-order valence-electron chi connectivity index (χ2n) is 5.52. The Balaban J connectivity index is 1.88. The molecule has 22 heavy (non-hydrogen) atoms. The lowest BCUT2D eigenvalue weighted by atomic mass is 9.94. The van der Waals surface area contributed by atoms with Crippen molar-refractivity contribution in [3.05, 3.63) is 67.2 Å². The maximum Gasteiger partial charge on any atom is 0.0732 e. The Morgan fingerprint density at radius 2 is 1.91 bits per heavy atom. The summed E-state index contributed by atoms with van der Waals surface area (Å²) in [5, 5.41) is 5.64. The number of fused-ring (bicyclic) bond motifs is 3. The molecule has 0 spiro atoms. The summed E-state index contributed by atoms with van der Waals surface area (Å²) in [7, 11) is 0. The molecule has 0 fully saturated rings. The summed E-state index contributed by atoms with van der Waals surface area (Å²) >= 11 is 13.3. The highest BCUT2D eigenvalue weighted by molar-refractivity contribution is 9.13. The van der Waals surface area contributed by atoms with Crippen LogP contribution in [0.3, 0.4) is 0 Å². The van der Waals surface area contributed by atoms with Gasteiger partial charge in [-0.15, -0.1) is 0 Å². The highest BCUT2D eigenvalue weighted by atomic mass is 79.9. The predicted octanol–water partition coefficient (Wildman–Crippen LogP) is 5.58. The van der Waals surface area contributed by atoms with Crippen LogP contribution in [-0.4, -0.2) is 11.5 Å². The van der Waals surface area contributed by atoms with E-state index in [1.807, 2.05) is 6.07 Å². The minimum atomic E-state index is 0.180. The number of nitrogens with one attached hydrogen (secondary N) is 2. The van der Waals surface area contributed by atoms with E-state index in [0.717, 1.165) is 32.5 Å². The number of rotatable bonds is 1. The Kier molecular flexibility index (Phi) is 3.81. The predicted molar refractivity (Wildman–Crippen MR) is 98.7 cm³/mol. The number of aromatic amines is 1. The van der Waals surface area contributed by atoms with E-state index in [9.17, 15) is 0 Å². The first-order valence-electron chi connectivity index (χ1n) is 7.12. The van der Waals surface area contributed by atoms with Crippen LogP contribution in [-0.2, 0) is 6.42 Å². The van der Waals surface area contributed by atoms with Gasteiger partial charge in [0.05, 0.1) is 6.04 Å². The van der Waals surface area contributed by atoms with Crippen molar-refractivity contribution in [3.63, 3.8) is 0 Å². The summed E-state index contributed by atoms with van der Waals surface area (Å²) < 4.78 is 2.13. The second kappa shape index (κ2) is 5.68. The van der Waals surface area contributed by atoms with Gasteiger partial charge in [0, 0.05) is 37.1 Å². The van der Waals surface area contributed by atoms with Crippen molar-refractivity contribution >= 4 is 54.4 Å². The Bertz CT molecular complexity index is 872. The highest BCUT2D eigenvalue weighted by Crippen LogP contribution is 2.36. The molecule has 0 saturated carbocycles. The molecule has 2 nitrogen and oxygen atoms in total. The molecule has 1 unspecified atom stereocenters. The third-order valence-corrected chi connectivity index (χ3v) is 6.31. The van der Waals surface area contributed by atoms with E-state index < -0.39 is 0 Å². The van der Waals surface area contributed by atoms with E-state index in [4.69, 9.17) is 11.6 Å². The SMILES string of the molecule is Clc1ccc2[nH]c3c(c2c1)CCNC3c1ccc(Br)c(Br)c1. The summed E-state index contributed by atoms with van der Waals surface area (Å²) in [5.41, 5.74) is 5.02. The molecule has 5 heteroatoms. The first-order valence-corrected chi connectivity index (χ1v) is 9.08. The molecular formula is C17H13Br2ClN2. The molecular weight excluding hydrogens is 427 g/mol. The average molecular weight is 441 g/mol. The van der Waals surface area contributed by atoms with Crippen LogP contribution < -0.4 is 5.32 Å². The molecule has 1 aliphatic heterocycles. The Morgan fingerprint density at radius 3 is 2.73 bits per heavy atom. The first kappa shape index (κ1) is 14.8. The van der Waals surface area contributed by atoms with Gasteiger partial charge in [-0.2, -0.15) is 0 Å². The van der Waals surface area contributed by atoms with Gasteiger partial charge in [-0.05, 0) is 79.7 Å². The Morgan fingerprint density at radius 1 is 1.05 bits per heavy atom. The maximum atomic E-state index is 6.17. The molecule has 0 aliphatic carbocycles. The van der Waals surface area contributed by atoms with Crippen LogP contribution in [0.15, 0.2) is 45.3 Å². The van der Waals surface area contributed by atoms with E-state index >= 15 is 0 Å². The zero-order valence-corrected chi connectivity index (χ0v) is 15.5. The molecule has 2 N–H and O–H groups in total. The summed E-state index contributed by atoms with van der Waals surface area (Å²) in [6, 6.07) is 12.6. The molecule has 0 saturated heterocycles. The normalized spacial score (nSPS) is 17.7. The van der Waals surface area contributed by atoms with Crippen molar-refractivity contribution in [2.45, 2.75) is 12.5 Å². The van der Waals surface area contributed by atoms with Crippen molar-refractivity contribution in [1.82, 2.24) is 10.3 Å². The molecule has 1 atom stereocenters. The van der Waals surface area contributed by atoms with Gasteiger partial charge in [0.15, 0.2) is 0 Å². The first-order chi connectivity index (χ1) is 10.6. The largest absolute Gasteiger partial charge is 0.357 e. The van der Waals surface area contributed by atoms with E-state index in [-0.39, 0.29) is 6.04 Å². The van der Waals surface area contributed by atoms with Crippen LogP contribution in [0.2, 0.25) is 5.02 Å². The third kappa shape index (κ3) is 2.42. The lowest BCUT2D eigenvalue weighted by molar-refractivity contribution is 0.560. The summed E-state index contributed by atoms with van der Waals surface area (Å²) in [5.74, 6) is 0. The number of hydrogen-bond acceptors (Lipinski definition) is 1. The van der Waals surface area contributed by atoms with E-state index in [2.05, 4.69) is 72.5 Å². The summed E-state index contributed by atoms with van der Waals surface area (Å²) in [6.07, 6.45) is 1.02. The van der Waals surface area contributed by atoms with E-state index in [1.165, 1.54) is 22.2 Å². The van der Waals surface area contributed by atoms with Crippen molar-refractivity contribution < 1.29 is 0 Å². The average Bonchev–Trinajstić information content (AvgIpc) is 2.88. The minimum Gasteiger partial charge on any atom is -0.357 e. The van der Waals surface area contributed by atoms with Crippen LogP contribution in [0.25, 0.3) is 10.9 Å². The van der Waals surface area contributed by atoms with Gasteiger partial charge in [-0.3, -0.25) is 0 Å². The fraction of sp³-hybridized carbons (Fsp3) is 0.176. The van der Waals surface area contributed by atoms with Crippen LogP contribution in [0.4, 0.5) is 0 Å². The van der Waals surface area contributed by atoms with Crippen LogP contribution >= 0.6 is 43.5 Å². The van der Waals surface area contributed by atoms with Crippen LogP contribution in [0, 0.1) is 0 Å².